The normalized spacial score (nSPS) is 11.2. The zero-order valence-electron chi connectivity index (χ0n) is 13.3. The van der Waals surface area contributed by atoms with Crippen molar-refractivity contribution >= 4 is 43.5 Å². The number of nitrogens with one attached hydrogen (secondary N) is 1. The van der Waals surface area contributed by atoms with Crippen LogP contribution in [0.2, 0.25) is 0 Å². The van der Waals surface area contributed by atoms with Gasteiger partial charge in [0.15, 0.2) is 6.61 Å². The molecule has 0 aliphatic carbocycles. The molecule has 0 aliphatic rings. The monoisotopic (exact) mass is 439 g/mol. The van der Waals surface area contributed by atoms with Crippen LogP contribution >= 0.6 is 31.9 Å². The van der Waals surface area contributed by atoms with E-state index < -0.39 is 0 Å². The molecule has 0 unspecified atom stereocenters. The number of halogens is 2. The van der Waals surface area contributed by atoms with Crippen molar-refractivity contribution in [3.63, 3.8) is 0 Å². The molecule has 0 aliphatic heterocycles. The lowest BCUT2D eigenvalue weighted by molar-refractivity contribution is -0.118. The van der Waals surface area contributed by atoms with Gasteiger partial charge >= 0.3 is 0 Å². The number of carbonyl (C=O) groups excluding carboxylic acids is 1. The average molecular weight is 441 g/mol. The summed E-state index contributed by atoms with van der Waals surface area (Å²) in [6.07, 6.45) is 0. The SMILES string of the molecule is CC(C)(C)c1ccc(NC(=O)COc2ccc(Br)cc2)c(Br)c1. The molecule has 0 saturated heterocycles. The fourth-order valence-corrected chi connectivity index (χ4v) is 2.69. The van der Waals surface area contributed by atoms with Crippen molar-refractivity contribution in [2.45, 2.75) is 26.2 Å². The third kappa shape index (κ3) is 5.36. The Morgan fingerprint density at radius 2 is 1.74 bits per heavy atom. The topological polar surface area (TPSA) is 38.3 Å². The first kappa shape index (κ1) is 18.0. The first-order valence-electron chi connectivity index (χ1n) is 7.24. The number of ether oxygens (including phenoxy) is 1. The van der Waals surface area contributed by atoms with Crippen LogP contribution in [-0.4, -0.2) is 12.5 Å². The molecule has 0 atom stereocenters. The van der Waals surface area contributed by atoms with Gasteiger partial charge in [-0.1, -0.05) is 42.8 Å². The van der Waals surface area contributed by atoms with Gasteiger partial charge in [-0.3, -0.25) is 4.79 Å². The Morgan fingerprint density at radius 3 is 2.30 bits per heavy atom. The third-order valence-electron chi connectivity index (χ3n) is 3.29. The number of carbonyl (C=O) groups is 1. The Labute approximate surface area is 153 Å². The van der Waals surface area contributed by atoms with Gasteiger partial charge in [0.05, 0.1) is 5.69 Å². The smallest absolute Gasteiger partial charge is 0.262 e. The minimum Gasteiger partial charge on any atom is -0.484 e. The number of anilines is 1. The largest absolute Gasteiger partial charge is 0.484 e. The lowest BCUT2D eigenvalue weighted by Gasteiger charge is -2.20. The number of benzene rings is 2. The summed E-state index contributed by atoms with van der Waals surface area (Å²) in [6, 6.07) is 13.3. The second-order valence-electron chi connectivity index (χ2n) is 6.24. The molecule has 2 rings (SSSR count). The van der Waals surface area contributed by atoms with Crippen LogP contribution in [0.4, 0.5) is 5.69 Å². The maximum atomic E-state index is 12.0. The third-order valence-corrected chi connectivity index (χ3v) is 4.48. The molecule has 0 radical (unpaired) electrons. The lowest BCUT2D eigenvalue weighted by atomic mass is 9.87. The molecule has 23 heavy (non-hydrogen) atoms. The average Bonchev–Trinajstić information content (AvgIpc) is 2.48. The number of hydrogen-bond donors (Lipinski definition) is 1. The van der Waals surface area contributed by atoms with Crippen molar-refractivity contribution in [1.29, 1.82) is 0 Å². The minimum absolute atomic E-state index is 0.0326. The standard InChI is InChI=1S/C18H19Br2NO2/c1-18(2,3)12-4-9-16(15(20)10-12)21-17(22)11-23-14-7-5-13(19)6-8-14/h4-10H,11H2,1-3H3,(H,21,22). The summed E-state index contributed by atoms with van der Waals surface area (Å²) < 4.78 is 7.30. The summed E-state index contributed by atoms with van der Waals surface area (Å²) in [6.45, 7) is 6.42. The van der Waals surface area contributed by atoms with Crippen molar-refractivity contribution < 1.29 is 9.53 Å². The molecule has 0 fully saturated rings. The Kier molecular flexibility index (Phi) is 5.87. The molecular formula is C18H19Br2NO2. The molecule has 2 aromatic rings. The fraction of sp³-hybridized carbons (Fsp3) is 0.278. The van der Waals surface area contributed by atoms with Gasteiger partial charge in [-0.2, -0.15) is 0 Å². The molecule has 2 aromatic carbocycles. The van der Waals surface area contributed by atoms with Crippen LogP contribution < -0.4 is 10.1 Å². The lowest BCUT2D eigenvalue weighted by Crippen LogP contribution is -2.20. The van der Waals surface area contributed by atoms with E-state index in [-0.39, 0.29) is 17.9 Å². The Morgan fingerprint density at radius 1 is 1.09 bits per heavy atom. The van der Waals surface area contributed by atoms with Gasteiger partial charge < -0.3 is 10.1 Å². The van der Waals surface area contributed by atoms with E-state index in [0.717, 1.165) is 14.6 Å². The summed E-state index contributed by atoms with van der Waals surface area (Å²) in [5, 5.41) is 2.85. The first-order valence-corrected chi connectivity index (χ1v) is 8.82. The molecule has 0 aromatic heterocycles. The van der Waals surface area contributed by atoms with E-state index in [0.29, 0.717) is 5.75 Å². The Balaban J connectivity index is 1.96. The molecule has 122 valence electrons. The van der Waals surface area contributed by atoms with E-state index in [9.17, 15) is 4.79 Å². The van der Waals surface area contributed by atoms with Crippen LogP contribution in [0.3, 0.4) is 0 Å². The predicted molar refractivity (Wildman–Crippen MR) is 101 cm³/mol. The van der Waals surface area contributed by atoms with E-state index in [1.54, 1.807) is 0 Å². The van der Waals surface area contributed by atoms with Crippen molar-refractivity contribution in [3.8, 4) is 5.75 Å². The van der Waals surface area contributed by atoms with E-state index in [2.05, 4.69) is 57.9 Å². The van der Waals surface area contributed by atoms with Crippen LogP contribution in [0.1, 0.15) is 26.3 Å². The molecule has 0 heterocycles. The summed E-state index contributed by atoms with van der Waals surface area (Å²) in [5.41, 5.74) is 2.01. The highest BCUT2D eigenvalue weighted by Gasteiger charge is 2.15. The molecule has 5 heteroatoms. The Hall–Kier alpha value is -1.33. The minimum atomic E-state index is -0.197. The van der Waals surface area contributed by atoms with Crippen LogP contribution in [0.25, 0.3) is 0 Å². The summed E-state index contributed by atoms with van der Waals surface area (Å²) in [4.78, 5) is 12.0. The highest BCUT2D eigenvalue weighted by molar-refractivity contribution is 9.10. The van der Waals surface area contributed by atoms with Gasteiger partial charge in [-0.25, -0.2) is 0 Å². The van der Waals surface area contributed by atoms with Crippen molar-refractivity contribution in [1.82, 2.24) is 0 Å². The molecule has 0 bridgehead atoms. The maximum absolute atomic E-state index is 12.0. The van der Waals surface area contributed by atoms with Crippen LogP contribution in [0.15, 0.2) is 51.4 Å². The second kappa shape index (κ2) is 7.49. The summed E-state index contributed by atoms with van der Waals surface area (Å²) in [7, 11) is 0. The summed E-state index contributed by atoms with van der Waals surface area (Å²) >= 11 is 6.87. The van der Waals surface area contributed by atoms with Gasteiger partial charge in [-0.05, 0) is 63.3 Å². The number of amides is 1. The molecule has 1 amide bonds. The Bertz CT molecular complexity index is 691. The van der Waals surface area contributed by atoms with Crippen LogP contribution in [-0.2, 0) is 10.2 Å². The molecule has 1 N–H and O–H groups in total. The predicted octanol–water partition coefficient (Wildman–Crippen LogP) is 5.53. The molecule has 0 spiro atoms. The van der Waals surface area contributed by atoms with Crippen molar-refractivity contribution in [3.05, 3.63) is 57.0 Å². The highest BCUT2D eigenvalue weighted by Crippen LogP contribution is 2.30. The van der Waals surface area contributed by atoms with Gasteiger partial charge in [0.2, 0.25) is 0 Å². The molecule has 0 saturated carbocycles. The van der Waals surface area contributed by atoms with Crippen molar-refractivity contribution in [2.24, 2.45) is 0 Å². The fourth-order valence-electron chi connectivity index (χ4n) is 1.95. The number of rotatable bonds is 4. The van der Waals surface area contributed by atoms with Gasteiger partial charge in [0.1, 0.15) is 5.75 Å². The van der Waals surface area contributed by atoms with Gasteiger partial charge in [0.25, 0.3) is 5.91 Å². The second-order valence-corrected chi connectivity index (χ2v) is 8.01. The maximum Gasteiger partial charge on any atom is 0.262 e. The highest BCUT2D eigenvalue weighted by atomic mass is 79.9. The van der Waals surface area contributed by atoms with E-state index in [4.69, 9.17) is 4.74 Å². The zero-order valence-corrected chi connectivity index (χ0v) is 16.5. The van der Waals surface area contributed by atoms with Crippen LogP contribution in [0, 0.1) is 0 Å². The molecule has 3 nitrogen and oxygen atoms in total. The summed E-state index contributed by atoms with van der Waals surface area (Å²) in [5.74, 6) is 0.461. The van der Waals surface area contributed by atoms with Gasteiger partial charge in [-0.15, -0.1) is 0 Å². The number of hydrogen-bond acceptors (Lipinski definition) is 2. The van der Waals surface area contributed by atoms with Crippen molar-refractivity contribution in [2.75, 3.05) is 11.9 Å². The van der Waals surface area contributed by atoms with E-state index in [1.807, 2.05) is 42.5 Å². The zero-order chi connectivity index (χ0) is 17.0. The van der Waals surface area contributed by atoms with E-state index >= 15 is 0 Å². The van der Waals surface area contributed by atoms with Gasteiger partial charge in [0, 0.05) is 8.95 Å². The quantitative estimate of drug-likeness (QED) is 0.678. The van der Waals surface area contributed by atoms with E-state index in [1.165, 1.54) is 5.56 Å². The molecular weight excluding hydrogens is 422 g/mol. The van der Waals surface area contributed by atoms with Crippen LogP contribution in [0.5, 0.6) is 5.75 Å². The first-order chi connectivity index (χ1) is 10.8.